The molecule has 0 fully saturated rings. The predicted molar refractivity (Wildman–Crippen MR) is 51.6 cm³/mol. The van der Waals surface area contributed by atoms with Crippen molar-refractivity contribution in [2.75, 3.05) is 19.8 Å². The van der Waals surface area contributed by atoms with Gasteiger partial charge in [0.25, 0.3) is 0 Å². The zero-order valence-corrected chi connectivity index (χ0v) is 8.25. The van der Waals surface area contributed by atoms with Gasteiger partial charge in [0, 0.05) is 24.8 Å². The van der Waals surface area contributed by atoms with E-state index in [1.54, 1.807) is 12.5 Å². The summed E-state index contributed by atoms with van der Waals surface area (Å²) < 4.78 is 10.2. The lowest BCUT2D eigenvalue weighted by Crippen LogP contribution is -2.22. The summed E-state index contributed by atoms with van der Waals surface area (Å²) in [5.41, 5.74) is 1.18. The Morgan fingerprint density at radius 1 is 1.62 bits per heavy atom. The SMILES string of the molecule is CCOCCNC(C)c1ccoc1. The molecule has 1 aromatic rings. The van der Waals surface area contributed by atoms with Crippen LogP contribution in [0.4, 0.5) is 0 Å². The van der Waals surface area contributed by atoms with Crippen LogP contribution in [-0.4, -0.2) is 19.8 Å². The lowest BCUT2D eigenvalue weighted by atomic mass is 10.2. The van der Waals surface area contributed by atoms with Crippen LogP contribution >= 0.6 is 0 Å². The zero-order chi connectivity index (χ0) is 9.52. The van der Waals surface area contributed by atoms with E-state index in [0.29, 0.717) is 6.04 Å². The van der Waals surface area contributed by atoms with E-state index in [1.165, 1.54) is 5.56 Å². The van der Waals surface area contributed by atoms with E-state index >= 15 is 0 Å². The first kappa shape index (κ1) is 10.3. The minimum atomic E-state index is 0.333. The number of rotatable bonds is 6. The monoisotopic (exact) mass is 183 g/mol. The molecule has 1 heterocycles. The van der Waals surface area contributed by atoms with Gasteiger partial charge in [-0.15, -0.1) is 0 Å². The Balaban J connectivity index is 2.15. The van der Waals surface area contributed by atoms with Gasteiger partial charge >= 0.3 is 0 Å². The molecule has 0 saturated heterocycles. The normalized spacial score (nSPS) is 13.1. The Labute approximate surface area is 79.1 Å². The van der Waals surface area contributed by atoms with Crippen molar-refractivity contribution in [3.05, 3.63) is 24.2 Å². The highest BCUT2D eigenvalue weighted by Crippen LogP contribution is 2.11. The minimum Gasteiger partial charge on any atom is -0.472 e. The van der Waals surface area contributed by atoms with E-state index in [9.17, 15) is 0 Å². The van der Waals surface area contributed by atoms with Gasteiger partial charge in [0.2, 0.25) is 0 Å². The van der Waals surface area contributed by atoms with Gasteiger partial charge in [-0.05, 0) is 19.9 Å². The van der Waals surface area contributed by atoms with Gasteiger partial charge in [-0.25, -0.2) is 0 Å². The zero-order valence-electron chi connectivity index (χ0n) is 8.25. The molecule has 0 aromatic carbocycles. The maximum absolute atomic E-state index is 5.22. The molecular weight excluding hydrogens is 166 g/mol. The average molecular weight is 183 g/mol. The second-order valence-electron chi connectivity index (χ2n) is 2.93. The lowest BCUT2D eigenvalue weighted by Gasteiger charge is -2.11. The fourth-order valence-electron chi connectivity index (χ4n) is 1.13. The molecule has 3 nitrogen and oxygen atoms in total. The van der Waals surface area contributed by atoms with Crippen LogP contribution in [0.5, 0.6) is 0 Å². The molecule has 0 aliphatic heterocycles. The van der Waals surface area contributed by atoms with Crippen molar-refractivity contribution in [2.45, 2.75) is 19.9 Å². The van der Waals surface area contributed by atoms with E-state index in [0.717, 1.165) is 19.8 Å². The smallest absolute Gasteiger partial charge is 0.0950 e. The van der Waals surface area contributed by atoms with E-state index in [2.05, 4.69) is 12.2 Å². The molecule has 1 unspecified atom stereocenters. The van der Waals surface area contributed by atoms with Crippen molar-refractivity contribution in [1.82, 2.24) is 5.32 Å². The molecule has 3 heteroatoms. The third kappa shape index (κ3) is 3.61. The summed E-state index contributed by atoms with van der Waals surface area (Å²) in [6.45, 7) is 6.52. The number of hydrogen-bond donors (Lipinski definition) is 1. The molecule has 0 spiro atoms. The Bertz CT molecular complexity index is 209. The predicted octanol–water partition coefficient (Wildman–Crippen LogP) is 1.97. The topological polar surface area (TPSA) is 34.4 Å². The number of furan rings is 1. The average Bonchev–Trinajstić information content (AvgIpc) is 2.65. The molecule has 13 heavy (non-hydrogen) atoms. The third-order valence-electron chi connectivity index (χ3n) is 1.94. The fraction of sp³-hybridized carbons (Fsp3) is 0.600. The van der Waals surface area contributed by atoms with Gasteiger partial charge in [-0.1, -0.05) is 0 Å². The van der Waals surface area contributed by atoms with Crippen LogP contribution in [-0.2, 0) is 4.74 Å². The Morgan fingerprint density at radius 3 is 3.08 bits per heavy atom. The summed E-state index contributed by atoms with van der Waals surface area (Å²) in [7, 11) is 0. The van der Waals surface area contributed by atoms with Gasteiger partial charge in [-0.2, -0.15) is 0 Å². The van der Waals surface area contributed by atoms with Gasteiger partial charge in [0.1, 0.15) is 0 Å². The van der Waals surface area contributed by atoms with Crippen LogP contribution in [0.15, 0.2) is 23.0 Å². The first-order valence-electron chi connectivity index (χ1n) is 4.67. The molecular formula is C10H17NO2. The van der Waals surface area contributed by atoms with E-state index in [-0.39, 0.29) is 0 Å². The van der Waals surface area contributed by atoms with Crippen molar-refractivity contribution in [2.24, 2.45) is 0 Å². The van der Waals surface area contributed by atoms with Gasteiger partial charge in [0.05, 0.1) is 19.1 Å². The highest BCUT2D eigenvalue weighted by atomic mass is 16.5. The number of ether oxygens (including phenoxy) is 1. The molecule has 0 aliphatic carbocycles. The molecule has 1 aromatic heterocycles. The minimum absolute atomic E-state index is 0.333. The summed E-state index contributed by atoms with van der Waals surface area (Å²) >= 11 is 0. The molecule has 1 rings (SSSR count). The van der Waals surface area contributed by atoms with Gasteiger partial charge < -0.3 is 14.5 Å². The summed E-state index contributed by atoms with van der Waals surface area (Å²) in [6.07, 6.45) is 3.45. The van der Waals surface area contributed by atoms with Crippen molar-refractivity contribution in [3.8, 4) is 0 Å². The molecule has 0 saturated carbocycles. The highest BCUT2D eigenvalue weighted by Gasteiger charge is 2.04. The number of nitrogens with one attached hydrogen (secondary N) is 1. The van der Waals surface area contributed by atoms with Crippen LogP contribution in [0, 0.1) is 0 Å². The van der Waals surface area contributed by atoms with Gasteiger partial charge in [-0.3, -0.25) is 0 Å². The molecule has 0 radical (unpaired) electrons. The second-order valence-corrected chi connectivity index (χ2v) is 2.93. The van der Waals surface area contributed by atoms with Crippen LogP contribution in [0.2, 0.25) is 0 Å². The molecule has 0 amide bonds. The maximum atomic E-state index is 5.22. The van der Waals surface area contributed by atoms with Crippen molar-refractivity contribution in [3.63, 3.8) is 0 Å². The van der Waals surface area contributed by atoms with Crippen LogP contribution in [0.25, 0.3) is 0 Å². The molecule has 1 N–H and O–H groups in total. The summed E-state index contributed by atoms with van der Waals surface area (Å²) in [4.78, 5) is 0. The lowest BCUT2D eigenvalue weighted by molar-refractivity contribution is 0.147. The summed E-state index contributed by atoms with van der Waals surface area (Å²) in [5.74, 6) is 0. The van der Waals surface area contributed by atoms with Crippen molar-refractivity contribution in [1.29, 1.82) is 0 Å². The van der Waals surface area contributed by atoms with Gasteiger partial charge in [0.15, 0.2) is 0 Å². The summed E-state index contributed by atoms with van der Waals surface area (Å²) in [5, 5.41) is 3.33. The highest BCUT2D eigenvalue weighted by molar-refractivity contribution is 5.09. The van der Waals surface area contributed by atoms with E-state index in [4.69, 9.17) is 9.15 Å². The molecule has 0 aliphatic rings. The van der Waals surface area contributed by atoms with E-state index < -0.39 is 0 Å². The Hall–Kier alpha value is -0.800. The molecule has 0 bridgehead atoms. The van der Waals surface area contributed by atoms with Crippen LogP contribution in [0.1, 0.15) is 25.5 Å². The van der Waals surface area contributed by atoms with Crippen molar-refractivity contribution < 1.29 is 9.15 Å². The Morgan fingerprint density at radius 2 is 2.46 bits per heavy atom. The second kappa shape index (κ2) is 5.78. The first-order valence-corrected chi connectivity index (χ1v) is 4.67. The van der Waals surface area contributed by atoms with Crippen LogP contribution in [0.3, 0.4) is 0 Å². The van der Waals surface area contributed by atoms with Crippen LogP contribution < -0.4 is 5.32 Å². The van der Waals surface area contributed by atoms with Crippen molar-refractivity contribution >= 4 is 0 Å². The first-order chi connectivity index (χ1) is 6.34. The van der Waals surface area contributed by atoms with E-state index in [1.807, 2.05) is 13.0 Å². The fourth-order valence-corrected chi connectivity index (χ4v) is 1.13. The maximum Gasteiger partial charge on any atom is 0.0950 e. The molecule has 74 valence electrons. The standard InChI is InChI=1S/C10H17NO2/c1-3-12-7-5-11-9(2)10-4-6-13-8-10/h4,6,8-9,11H,3,5,7H2,1-2H3. The number of hydrogen-bond acceptors (Lipinski definition) is 3. The largest absolute Gasteiger partial charge is 0.472 e. The quantitative estimate of drug-likeness (QED) is 0.685. The third-order valence-corrected chi connectivity index (χ3v) is 1.94. The Kier molecular flexibility index (Phi) is 4.57. The summed E-state index contributed by atoms with van der Waals surface area (Å²) in [6, 6.07) is 2.30. The molecule has 1 atom stereocenters.